The Morgan fingerprint density at radius 2 is 1.65 bits per heavy atom. The highest BCUT2D eigenvalue weighted by Crippen LogP contribution is 2.27. The lowest BCUT2D eigenvalue weighted by Crippen LogP contribution is -2.11. The zero-order valence-electron chi connectivity index (χ0n) is 13.8. The molecule has 1 aromatic heterocycles. The minimum absolute atomic E-state index is 0.337. The molecule has 0 aliphatic carbocycles. The molecule has 1 atom stereocenters. The van der Waals surface area contributed by atoms with Crippen LogP contribution in [0.5, 0.6) is 0 Å². The number of nitrogens with zero attached hydrogens (tertiary/aromatic N) is 2. The van der Waals surface area contributed by atoms with Gasteiger partial charge in [-0.05, 0) is 47.5 Å². The average molecular weight is 367 g/mol. The molecule has 0 fully saturated rings. The first-order valence-electron chi connectivity index (χ1n) is 8.25. The van der Waals surface area contributed by atoms with E-state index in [1.54, 1.807) is 12.1 Å². The fraction of sp³-hybridized carbons (Fsp3) is 0.0952. The first kappa shape index (κ1) is 16.8. The summed E-state index contributed by atoms with van der Waals surface area (Å²) in [5.74, 6) is 0.184. The van der Waals surface area contributed by atoms with Crippen molar-refractivity contribution in [2.45, 2.75) is 12.6 Å². The van der Waals surface area contributed by atoms with Gasteiger partial charge < -0.3 is 9.67 Å². The molecule has 0 saturated heterocycles. The Hall–Kier alpha value is -2.69. The molecule has 3 nitrogen and oxygen atoms in total. The van der Waals surface area contributed by atoms with Crippen LogP contribution >= 0.6 is 11.6 Å². The lowest BCUT2D eigenvalue weighted by molar-refractivity contribution is 0.206. The number of aliphatic hydroxyl groups is 1. The maximum Gasteiger partial charge on any atom is 0.143 e. The van der Waals surface area contributed by atoms with Gasteiger partial charge in [0.15, 0.2) is 0 Å². The quantitative estimate of drug-likeness (QED) is 0.554. The Balaban J connectivity index is 1.80. The van der Waals surface area contributed by atoms with Crippen LogP contribution < -0.4 is 0 Å². The van der Waals surface area contributed by atoms with E-state index in [0.29, 0.717) is 23.0 Å². The van der Waals surface area contributed by atoms with Gasteiger partial charge in [-0.1, -0.05) is 48.0 Å². The third kappa shape index (κ3) is 3.21. The van der Waals surface area contributed by atoms with E-state index in [4.69, 9.17) is 11.6 Å². The summed E-state index contributed by atoms with van der Waals surface area (Å²) in [5, 5.41) is 11.5. The fourth-order valence-corrected chi connectivity index (χ4v) is 3.16. The van der Waals surface area contributed by atoms with Crippen LogP contribution in [-0.2, 0) is 6.54 Å². The predicted molar refractivity (Wildman–Crippen MR) is 101 cm³/mol. The highest BCUT2D eigenvalue weighted by Gasteiger charge is 2.20. The van der Waals surface area contributed by atoms with Crippen LogP contribution in [0.4, 0.5) is 4.39 Å². The molecule has 1 heterocycles. The maximum absolute atomic E-state index is 13.2. The molecule has 4 rings (SSSR count). The maximum atomic E-state index is 13.2. The molecule has 130 valence electrons. The van der Waals surface area contributed by atoms with Crippen molar-refractivity contribution in [1.29, 1.82) is 0 Å². The van der Waals surface area contributed by atoms with Gasteiger partial charge >= 0.3 is 0 Å². The van der Waals surface area contributed by atoms with Gasteiger partial charge in [0, 0.05) is 11.6 Å². The van der Waals surface area contributed by atoms with Crippen molar-refractivity contribution < 1.29 is 9.50 Å². The van der Waals surface area contributed by atoms with E-state index >= 15 is 0 Å². The minimum Gasteiger partial charge on any atom is -0.380 e. The van der Waals surface area contributed by atoms with Crippen LogP contribution in [0.2, 0.25) is 5.02 Å². The molecular weight excluding hydrogens is 351 g/mol. The number of para-hydroxylation sites is 2. The van der Waals surface area contributed by atoms with E-state index in [1.165, 1.54) is 12.1 Å². The van der Waals surface area contributed by atoms with Gasteiger partial charge in [0.2, 0.25) is 0 Å². The van der Waals surface area contributed by atoms with Crippen LogP contribution in [0.1, 0.15) is 23.1 Å². The van der Waals surface area contributed by atoms with E-state index in [1.807, 2.05) is 53.1 Å². The highest BCUT2D eigenvalue weighted by molar-refractivity contribution is 6.30. The number of hydrogen-bond acceptors (Lipinski definition) is 2. The Morgan fingerprint density at radius 1 is 0.962 bits per heavy atom. The first-order valence-corrected chi connectivity index (χ1v) is 8.63. The number of benzene rings is 3. The molecule has 4 aromatic rings. The molecule has 1 N–H and O–H groups in total. The molecule has 0 amide bonds. The van der Waals surface area contributed by atoms with Crippen molar-refractivity contribution in [2.24, 2.45) is 0 Å². The van der Waals surface area contributed by atoms with Gasteiger partial charge in [-0.3, -0.25) is 0 Å². The summed E-state index contributed by atoms with van der Waals surface area (Å²) in [7, 11) is 0. The third-order valence-corrected chi connectivity index (χ3v) is 4.62. The van der Waals surface area contributed by atoms with Crippen LogP contribution in [0.3, 0.4) is 0 Å². The van der Waals surface area contributed by atoms with Crippen LogP contribution in [-0.4, -0.2) is 14.7 Å². The Kier molecular flexibility index (Phi) is 4.45. The molecule has 5 heteroatoms. The molecule has 3 aromatic carbocycles. The van der Waals surface area contributed by atoms with Gasteiger partial charge in [0.1, 0.15) is 17.7 Å². The normalized spacial score (nSPS) is 12.4. The number of aliphatic hydroxyl groups excluding tert-OH is 1. The molecule has 0 saturated carbocycles. The van der Waals surface area contributed by atoms with E-state index in [9.17, 15) is 9.50 Å². The lowest BCUT2D eigenvalue weighted by atomic mass is 10.1. The van der Waals surface area contributed by atoms with Gasteiger partial charge in [-0.25, -0.2) is 9.37 Å². The van der Waals surface area contributed by atoms with Gasteiger partial charge in [0.05, 0.1) is 11.0 Å². The van der Waals surface area contributed by atoms with Crippen molar-refractivity contribution >= 4 is 22.6 Å². The number of imidazole rings is 1. The first-order chi connectivity index (χ1) is 12.6. The average Bonchev–Trinajstić information content (AvgIpc) is 3.02. The van der Waals surface area contributed by atoms with Crippen LogP contribution in [0.15, 0.2) is 72.8 Å². The lowest BCUT2D eigenvalue weighted by Gasteiger charge is -2.15. The van der Waals surface area contributed by atoms with Crippen LogP contribution in [0, 0.1) is 5.82 Å². The predicted octanol–water partition coefficient (Wildman–Crippen LogP) is 4.96. The molecule has 0 radical (unpaired) electrons. The van der Waals surface area contributed by atoms with E-state index in [2.05, 4.69) is 4.98 Å². The highest BCUT2D eigenvalue weighted by atomic mass is 35.5. The number of hydrogen-bond donors (Lipinski definition) is 1. The molecule has 0 spiro atoms. The van der Waals surface area contributed by atoms with Gasteiger partial charge in [-0.2, -0.15) is 0 Å². The van der Waals surface area contributed by atoms with Crippen molar-refractivity contribution in [3.05, 3.63) is 101 Å². The van der Waals surface area contributed by atoms with Crippen molar-refractivity contribution in [3.63, 3.8) is 0 Å². The smallest absolute Gasteiger partial charge is 0.143 e. The van der Waals surface area contributed by atoms with Crippen molar-refractivity contribution in [1.82, 2.24) is 9.55 Å². The molecule has 1 unspecified atom stereocenters. The fourth-order valence-electron chi connectivity index (χ4n) is 3.04. The standard InChI is InChI=1S/C21H16ClFN2O/c22-16-9-5-14(6-10-16)13-25-19-4-2-1-3-18(19)24-21(25)20(26)15-7-11-17(23)12-8-15/h1-12,20,26H,13H2. The summed E-state index contributed by atoms with van der Waals surface area (Å²) in [6.07, 6.45) is -0.949. The second-order valence-electron chi connectivity index (χ2n) is 6.13. The summed E-state index contributed by atoms with van der Waals surface area (Å²) in [6, 6.07) is 21.1. The van der Waals surface area contributed by atoms with E-state index < -0.39 is 6.10 Å². The summed E-state index contributed by atoms with van der Waals surface area (Å²) < 4.78 is 15.2. The molecule has 0 aliphatic heterocycles. The Morgan fingerprint density at radius 3 is 2.38 bits per heavy atom. The molecule has 0 aliphatic rings. The minimum atomic E-state index is -0.949. The second kappa shape index (κ2) is 6.90. The number of rotatable bonds is 4. The summed E-state index contributed by atoms with van der Waals surface area (Å²) in [4.78, 5) is 4.62. The third-order valence-electron chi connectivity index (χ3n) is 4.37. The zero-order chi connectivity index (χ0) is 18.1. The van der Waals surface area contributed by atoms with Crippen LogP contribution in [0.25, 0.3) is 11.0 Å². The largest absolute Gasteiger partial charge is 0.380 e. The summed E-state index contributed by atoms with van der Waals surface area (Å²) in [6.45, 7) is 0.547. The second-order valence-corrected chi connectivity index (χ2v) is 6.56. The Labute approximate surface area is 155 Å². The van der Waals surface area contributed by atoms with E-state index in [0.717, 1.165) is 16.6 Å². The molecular formula is C21H16ClFN2O. The SMILES string of the molecule is OC(c1ccc(F)cc1)c1nc2ccccc2n1Cc1ccc(Cl)cc1. The number of fused-ring (bicyclic) bond motifs is 1. The molecule has 0 bridgehead atoms. The monoisotopic (exact) mass is 366 g/mol. The van der Waals surface area contributed by atoms with Crippen molar-refractivity contribution in [2.75, 3.05) is 0 Å². The zero-order valence-corrected chi connectivity index (χ0v) is 14.6. The summed E-state index contributed by atoms with van der Waals surface area (Å²) >= 11 is 5.97. The van der Waals surface area contributed by atoms with Gasteiger partial charge in [-0.15, -0.1) is 0 Å². The Bertz CT molecular complexity index is 1040. The van der Waals surface area contributed by atoms with E-state index in [-0.39, 0.29) is 5.82 Å². The number of aromatic nitrogens is 2. The topological polar surface area (TPSA) is 38.1 Å². The summed E-state index contributed by atoms with van der Waals surface area (Å²) in [5.41, 5.74) is 3.38. The molecule has 26 heavy (non-hydrogen) atoms. The van der Waals surface area contributed by atoms with Crippen molar-refractivity contribution in [3.8, 4) is 0 Å². The van der Waals surface area contributed by atoms with Gasteiger partial charge in [0.25, 0.3) is 0 Å². The number of halogens is 2.